The summed E-state index contributed by atoms with van der Waals surface area (Å²) in [7, 11) is 0. The molecule has 1 unspecified atom stereocenters. The van der Waals surface area contributed by atoms with E-state index in [1.807, 2.05) is 0 Å². The fraction of sp³-hybridized carbons (Fsp3) is 0.250. The van der Waals surface area contributed by atoms with Crippen LogP contribution >= 0.6 is 0 Å². The summed E-state index contributed by atoms with van der Waals surface area (Å²) >= 11 is 0. The number of nitrogens with zero attached hydrogens (tertiary/aromatic N) is 3. The minimum Gasteiger partial charge on any atom is -0.394 e. The Hall–Kier alpha value is -2.59. The highest BCUT2D eigenvalue weighted by molar-refractivity contribution is 5.92. The second kappa shape index (κ2) is 7.11. The third-order valence-corrected chi connectivity index (χ3v) is 3.69. The van der Waals surface area contributed by atoms with E-state index in [4.69, 9.17) is 5.11 Å². The molecule has 5 N–H and O–H groups in total. The van der Waals surface area contributed by atoms with Crippen LogP contribution in [0.1, 0.15) is 11.9 Å². The van der Waals surface area contributed by atoms with Gasteiger partial charge in [0.25, 0.3) is 0 Å². The van der Waals surface area contributed by atoms with Crippen molar-refractivity contribution in [3.05, 3.63) is 48.0 Å². The lowest BCUT2D eigenvalue weighted by Gasteiger charge is -2.11. The van der Waals surface area contributed by atoms with E-state index in [2.05, 4.69) is 15.4 Å². The van der Waals surface area contributed by atoms with Crippen molar-refractivity contribution in [1.82, 2.24) is 14.8 Å². The number of aliphatic hydroxyl groups excluding tert-OH is 3. The molecule has 0 saturated carbocycles. The van der Waals surface area contributed by atoms with Crippen molar-refractivity contribution >= 4 is 22.4 Å². The van der Waals surface area contributed by atoms with Gasteiger partial charge in [-0.1, -0.05) is 0 Å². The molecular weight excluding hydrogens is 331 g/mol. The molecule has 0 amide bonds. The van der Waals surface area contributed by atoms with Crippen molar-refractivity contribution in [2.24, 2.45) is 0 Å². The Labute approximate surface area is 141 Å². The van der Waals surface area contributed by atoms with Crippen LogP contribution in [0.3, 0.4) is 0 Å². The average Bonchev–Trinajstić information content (AvgIpc) is 2.91. The molecule has 2 aromatic heterocycles. The van der Waals surface area contributed by atoms with E-state index >= 15 is 0 Å². The molecule has 8 nitrogen and oxygen atoms in total. The minimum absolute atomic E-state index is 0.0167. The van der Waals surface area contributed by atoms with Crippen LogP contribution in [-0.2, 0) is 6.54 Å². The van der Waals surface area contributed by atoms with E-state index < -0.39 is 24.8 Å². The summed E-state index contributed by atoms with van der Waals surface area (Å²) < 4.78 is 15.1. The number of hydrogen-bond acceptors (Lipinski definition) is 7. The summed E-state index contributed by atoms with van der Waals surface area (Å²) in [4.78, 5) is 3.92. The lowest BCUT2D eigenvalue weighted by molar-refractivity contribution is -0.0419. The first-order valence-corrected chi connectivity index (χ1v) is 7.51. The Balaban J connectivity index is 2.06. The molecule has 0 spiro atoms. The Morgan fingerprint density at radius 3 is 2.72 bits per heavy atom. The fourth-order valence-electron chi connectivity index (χ4n) is 2.50. The summed E-state index contributed by atoms with van der Waals surface area (Å²) in [5.74, 6) is -0.207. The van der Waals surface area contributed by atoms with Gasteiger partial charge in [-0.05, 0) is 24.3 Å². The number of nitrogens with one attached hydrogen (secondary N) is 1. The molecule has 0 aliphatic heterocycles. The third-order valence-electron chi connectivity index (χ3n) is 3.69. The van der Waals surface area contributed by atoms with E-state index in [-0.39, 0.29) is 17.9 Å². The second-order valence-corrected chi connectivity index (χ2v) is 5.49. The highest BCUT2D eigenvalue weighted by Gasteiger charge is 2.16. The number of fused-ring (bicyclic) bond motifs is 1. The van der Waals surface area contributed by atoms with Crippen molar-refractivity contribution in [3.63, 3.8) is 0 Å². The molecular formula is C16H17FN4O4. The molecule has 132 valence electrons. The molecule has 0 radical (unpaired) electrons. The summed E-state index contributed by atoms with van der Waals surface area (Å²) in [5.41, 5.74) is 1.03. The monoisotopic (exact) mass is 348 g/mol. The zero-order valence-electron chi connectivity index (χ0n) is 13.0. The van der Waals surface area contributed by atoms with E-state index in [0.717, 1.165) is 0 Å². The van der Waals surface area contributed by atoms with Crippen LogP contribution in [0.4, 0.5) is 15.9 Å². The molecule has 0 bridgehead atoms. The predicted octanol–water partition coefficient (Wildman–Crippen LogP) is 0.650. The SMILES string of the molecule is OCC(O)Cn1nc(Nc2cnccc2C(O)O)c2cc(F)ccc21. The molecule has 1 atom stereocenters. The van der Waals surface area contributed by atoms with Crippen LogP contribution in [0.5, 0.6) is 0 Å². The van der Waals surface area contributed by atoms with E-state index in [9.17, 15) is 19.7 Å². The van der Waals surface area contributed by atoms with Gasteiger partial charge in [-0.25, -0.2) is 4.39 Å². The lowest BCUT2D eigenvalue weighted by Crippen LogP contribution is -2.20. The van der Waals surface area contributed by atoms with Gasteiger partial charge in [0.1, 0.15) is 5.82 Å². The van der Waals surface area contributed by atoms with Crippen molar-refractivity contribution in [1.29, 1.82) is 0 Å². The van der Waals surface area contributed by atoms with Gasteiger partial charge in [-0.3, -0.25) is 9.67 Å². The maximum Gasteiger partial charge on any atom is 0.180 e. The van der Waals surface area contributed by atoms with Crippen molar-refractivity contribution < 1.29 is 24.8 Å². The Bertz CT molecular complexity index is 884. The molecule has 1 aromatic carbocycles. The van der Waals surface area contributed by atoms with Gasteiger partial charge in [0.15, 0.2) is 12.1 Å². The van der Waals surface area contributed by atoms with Crippen LogP contribution in [0.2, 0.25) is 0 Å². The maximum absolute atomic E-state index is 13.7. The lowest BCUT2D eigenvalue weighted by atomic mass is 10.2. The smallest absolute Gasteiger partial charge is 0.180 e. The largest absolute Gasteiger partial charge is 0.394 e. The average molecular weight is 348 g/mol. The molecule has 0 fully saturated rings. The van der Waals surface area contributed by atoms with Gasteiger partial charge < -0.3 is 25.7 Å². The highest BCUT2D eigenvalue weighted by atomic mass is 19.1. The molecule has 25 heavy (non-hydrogen) atoms. The number of aliphatic hydroxyl groups is 4. The van der Waals surface area contributed by atoms with Gasteiger partial charge in [0, 0.05) is 17.1 Å². The highest BCUT2D eigenvalue weighted by Crippen LogP contribution is 2.29. The molecule has 0 aliphatic carbocycles. The van der Waals surface area contributed by atoms with E-state index in [1.54, 1.807) is 0 Å². The van der Waals surface area contributed by atoms with Gasteiger partial charge in [-0.15, -0.1) is 0 Å². The molecule has 0 saturated heterocycles. The van der Waals surface area contributed by atoms with Crippen molar-refractivity contribution in [3.8, 4) is 0 Å². The zero-order valence-corrected chi connectivity index (χ0v) is 13.0. The fourth-order valence-corrected chi connectivity index (χ4v) is 2.50. The third kappa shape index (κ3) is 3.59. The standard InChI is InChI=1S/C16H17FN4O4/c17-9-1-2-14-12(5-9)15(20-21(14)7-10(23)8-22)19-13-6-18-4-3-11(13)16(24)25/h1-6,10,16,22-25H,7-8H2,(H,19,20). The number of pyridine rings is 1. The summed E-state index contributed by atoms with van der Waals surface area (Å²) in [5, 5.41) is 45.2. The number of anilines is 2. The summed E-state index contributed by atoms with van der Waals surface area (Å²) in [6.45, 7) is -0.419. The summed E-state index contributed by atoms with van der Waals surface area (Å²) in [6, 6.07) is 5.49. The van der Waals surface area contributed by atoms with Crippen LogP contribution in [0.15, 0.2) is 36.7 Å². The Kier molecular flexibility index (Phi) is 4.91. The topological polar surface area (TPSA) is 124 Å². The Morgan fingerprint density at radius 2 is 2.00 bits per heavy atom. The minimum atomic E-state index is -1.72. The maximum atomic E-state index is 13.7. The van der Waals surface area contributed by atoms with E-state index in [0.29, 0.717) is 16.6 Å². The second-order valence-electron chi connectivity index (χ2n) is 5.49. The first kappa shape index (κ1) is 17.2. The Morgan fingerprint density at radius 1 is 1.20 bits per heavy atom. The first-order valence-electron chi connectivity index (χ1n) is 7.51. The van der Waals surface area contributed by atoms with Gasteiger partial charge in [0.2, 0.25) is 0 Å². The molecule has 2 heterocycles. The van der Waals surface area contributed by atoms with Gasteiger partial charge in [0.05, 0.1) is 36.7 Å². The normalized spacial score (nSPS) is 12.7. The van der Waals surface area contributed by atoms with Crippen molar-refractivity contribution in [2.45, 2.75) is 18.9 Å². The number of aromatic nitrogens is 3. The van der Waals surface area contributed by atoms with Crippen LogP contribution in [0, 0.1) is 5.82 Å². The molecule has 3 aromatic rings. The van der Waals surface area contributed by atoms with E-state index in [1.165, 1.54) is 41.3 Å². The number of benzene rings is 1. The van der Waals surface area contributed by atoms with Crippen LogP contribution in [0.25, 0.3) is 10.9 Å². The molecule has 0 aliphatic rings. The first-order chi connectivity index (χ1) is 12.0. The zero-order chi connectivity index (χ0) is 18.0. The molecule has 3 rings (SSSR count). The number of hydrogen-bond donors (Lipinski definition) is 5. The predicted molar refractivity (Wildman–Crippen MR) is 87.5 cm³/mol. The molecule has 9 heteroatoms. The quantitative estimate of drug-likeness (QED) is 0.414. The van der Waals surface area contributed by atoms with Crippen molar-refractivity contribution in [2.75, 3.05) is 11.9 Å². The summed E-state index contributed by atoms with van der Waals surface area (Å²) in [6.07, 6.45) is 0.0659. The number of halogens is 1. The van der Waals surface area contributed by atoms with Crippen LogP contribution in [-0.4, -0.2) is 47.9 Å². The van der Waals surface area contributed by atoms with Gasteiger partial charge in [-0.2, -0.15) is 5.10 Å². The van der Waals surface area contributed by atoms with Gasteiger partial charge >= 0.3 is 0 Å². The van der Waals surface area contributed by atoms with Crippen LogP contribution < -0.4 is 5.32 Å². The number of rotatable bonds is 6.